The van der Waals surface area contributed by atoms with Crippen molar-refractivity contribution in [1.82, 2.24) is 0 Å². The number of rotatable bonds is 12. The van der Waals surface area contributed by atoms with Crippen LogP contribution in [-0.2, 0) is 0 Å². The predicted molar refractivity (Wildman–Crippen MR) is 104 cm³/mol. The lowest BCUT2D eigenvalue weighted by Crippen LogP contribution is -2.04. The maximum absolute atomic E-state index is 12.0. The van der Waals surface area contributed by atoms with Gasteiger partial charge in [-0.3, -0.25) is 0 Å². The van der Waals surface area contributed by atoms with Crippen LogP contribution in [0, 0.1) is 0 Å². The minimum Gasteiger partial charge on any atom is -0.504 e. The molecule has 0 spiro atoms. The maximum Gasteiger partial charge on any atom is 0.383 e. The second-order valence-corrected chi connectivity index (χ2v) is 6.34. The molecule has 0 fully saturated rings. The highest BCUT2D eigenvalue weighted by molar-refractivity contribution is 5.86. The lowest BCUT2D eigenvalue weighted by molar-refractivity contribution is 0.201. The summed E-state index contributed by atoms with van der Waals surface area (Å²) in [4.78, 5) is 12.0. The first-order valence-electron chi connectivity index (χ1n) is 9.52. The monoisotopic (exact) mass is 376 g/mol. The molecule has 2 rings (SSSR count). The number of aliphatic hydroxyl groups is 1. The number of hydrogen-bond donors (Lipinski definition) is 2. The average Bonchev–Trinajstić information content (AvgIpc) is 2.67. The fraction of sp³-hybridized carbons (Fsp3) is 0.476. The molecule has 0 radical (unpaired) electrons. The van der Waals surface area contributed by atoms with Gasteiger partial charge in [0.2, 0.25) is 0 Å². The number of unbranched alkanes of at least 4 members (excludes halogenated alkanes) is 6. The first-order valence-corrected chi connectivity index (χ1v) is 9.52. The number of aliphatic hydroxyl groups excluding tert-OH is 1. The second kappa shape index (κ2) is 11.3. The molecule has 0 amide bonds. The Morgan fingerprint density at radius 3 is 2.70 bits per heavy atom. The molecule has 0 saturated heterocycles. The molecule has 27 heavy (non-hydrogen) atoms. The fourth-order valence-electron chi connectivity index (χ4n) is 2.73. The third-order valence-corrected chi connectivity index (χ3v) is 4.18. The van der Waals surface area contributed by atoms with E-state index in [0.717, 1.165) is 12.8 Å². The molecule has 0 aliphatic heterocycles. The SMILES string of the molecule is CCCCCCCCC=COc1c(O)c2cc(OCCO)ccc2oc1=O. The molecule has 148 valence electrons. The Morgan fingerprint density at radius 2 is 1.93 bits per heavy atom. The number of aromatic hydroxyl groups is 1. The van der Waals surface area contributed by atoms with E-state index < -0.39 is 5.63 Å². The number of benzene rings is 1. The Balaban J connectivity index is 1.98. The lowest BCUT2D eigenvalue weighted by Gasteiger charge is -2.08. The van der Waals surface area contributed by atoms with E-state index in [1.807, 2.05) is 6.08 Å². The van der Waals surface area contributed by atoms with E-state index >= 15 is 0 Å². The van der Waals surface area contributed by atoms with Gasteiger partial charge in [0.15, 0.2) is 5.75 Å². The van der Waals surface area contributed by atoms with Gasteiger partial charge in [-0.2, -0.15) is 0 Å². The Bertz CT molecular complexity index is 793. The van der Waals surface area contributed by atoms with Crippen LogP contribution >= 0.6 is 0 Å². The second-order valence-electron chi connectivity index (χ2n) is 6.34. The van der Waals surface area contributed by atoms with Crippen molar-refractivity contribution >= 4 is 11.0 Å². The van der Waals surface area contributed by atoms with Gasteiger partial charge >= 0.3 is 5.63 Å². The average molecular weight is 376 g/mol. The molecular weight excluding hydrogens is 348 g/mol. The van der Waals surface area contributed by atoms with Crippen molar-refractivity contribution in [2.45, 2.75) is 51.9 Å². The zero-order chi connectivity index (χ0) is 19.5. The van der Waals surface area contributed by atoms with Crippen molar-refractivity contribution in [2.75, 3.05) is 13.2 Å². The minimum absolute atomic E-state index is 0.119. The minimum atomic E-state index is -0.742. The van der Waals surface area contributed by atoms with Gasteiger partial charge in [0.1, 0.15) is 17.9 Å². The van der Waals surface area contributed by atoms with Gasteiger partial charge in [0.05, 0.1) is 18.3 Å². The summed E-state index contributed by atoms with van der Waals surface area (Å²) < 4.78 is 15.8. The van der Waals surface area contributed by atoms with Crippen molar-refractivity contribution in [2.24, 2.45) is 0 Å². The molecule has 0 unspecified atom stereocenters. The van der Waals surface area contributed by atoms with E-state index in [-0.39, 0.29) is 30.3 Å². The number of hydrogen-bond acceptors (Lipinski definition) is 6. The molecule has 2 N–H and O–H groups in total. The van der Waals surface area contributed by atoms with Crippen LogP contribution in [0.15, 0.2) is 39.7 Å². The van der Waals surface area contributed by atoms with Crippen LogP contribution in [0.2, 0.25) is 0 Å². The molecule has 1 aromatic heterocycles. The summed E-state index contributed by atoms with van der Waals surface area (Å²) in [5.41, 5.74) is -0.509. The summed E-state index contributed by atoms with van der Waals surface area (Å²) in [5.74, 6) is -0.0915. The van der Waals surface area contributed by atoms with Crippen molar-refractivity contribution in [3.8, 4) is 17.2 Å². The molecule has 6 nitrogen and oxygen atoms in total. The summed E-state index contributed by atoms with van der Waals surface area (Å²) >= 11 is 0. The highest BCUT2D eigenvalue weighted by Gasteiger charge is 2.15. The predicted octanol–water partition coefficient (Wildman–Crippen LogP) is 4.51. The van der Waals surface area contributed by atoms with Crippen LogP contribution in [0.5, 0.6) is 17.2 Å². The molecule has 0 atom stereocenters. The standard InChI is InChI=1S/C21H28O6/c1-2-3-4-5-6-7-8-9-13-26-20-19(23)17-15-16(25-14-12-22)10-11-18(17)27-21(20)24/h9-11,13,15,22-23H,2-8,12,14H2,1H3. The Kier molecular flexibility index (Phi) is 8.71. The molecule has 0 aliphatic carbocycles. The third-order valence-electron chi connectivity index (χ3n) is 4.18. The van der Waals surface area contributed by atoms with Gasteiger partial charge in [-0.15, -0.1) is 0 Å². The van der Waals surface area contributed by atoms with Crippen molar-refractivity contribution in [1.29, 1.82) is 0 Å². The topological polar surface area (TPSA) is 89.1 Å². The fourth-order valence-corrected chi connectivity index (χ4v) is 2.73. The van der Waals surface area contributed by atoms with E-state index in [1.165, 1.54) is 50.5 Å². The van der Waals surface area contributed by atoms with Crippen molar-refractivity contribution in [3.05, 3.63) is 41.0 Å². The van der Waals surface area contributed by atoms with Crippen LogP contribution in [0.4, 0.5) is 0 Å². The lowest BCUT2D eigenvalue weighted by atomic mass is 10.1. The van der Waals surface area contributed by atoms with Crippen LogP contribution in [0.1, 0.15) is 51.9 Å². The van der Waals surface area contributed by atoms with Crippen LogP contribution in [-0.4, -0.2) is 23.4 Å². The van der Waals surface area contributed by atoms with E-state index in [9.17, 15) is 9.90 Å². The smallest absolute Gasteiger partial charge is 0.383 e. The van der Waals surface area contributed by atoms with E-state index in [0.29, 0.717) is 11.1 Å². The number of allylic oxidation sites excluding steroid dienone is 1. The zero-order valence-corrected chi connectivity index (χ0v) is 15.8. The molecule has 1 heterocycles. The molecule has 0 aliphatic rings. The van der Waals surface area contributed by atoms with E-state index in [4.69, 9.17) is 19.0 Å². The van der Waals surface area contributed by atoms with E-state index in [2.05, 4.69) is 6.92 Å². The first kappa shape index (κ1) is 20.8. The van der Waals surface area contributed by atoms with Gasteiger partial charge in [-0.1, -0.05) is 39.0 Å². The molecule has 0 bridgehead atoms. The summed E-state index contributed by atoms with van der Waals surface area (Å²) in [7, 11) is 0. The van der Waals surface area contributed by atoms with Gasteiger partial charge in [0, 0.05) is 0 Å². The van der Waals surface area contributed by atoms with Gasteiger partial charge in [0.25, 0.3) is 5.75 Å². The van der Waals surface area contributed by atoms with Crippen LogP contribution < -0.4 is 15.1 Å². The number of ether oxygens (including phenoxy) is 2. The highest BCUT2D eigenvalue weighted by atomic mass is 16.5. The third kappa shape index (κ3) is 6.32. The maximum atomic E-state index is 12.0. The summed E-state index contributed by atoms with van der Waals surface area (Å²) in [5, 5.41) is 19.5. The Labute approximate surface area is 159 Å². The summed E-state index contributed by atoms with van der Waals surface area (Å²) in [6, 6.07) is 4.67. The molecular formula is C21H28O6. The van der Waals surface area contributed by atoms with Gasteiger partial charge in [-0.25, -0.2) is 4.79 Å². The molecule has 1 aromatic carbocycles. The molecule has 2 aromatic rings. The summed E-state index contributed by atoms with van der Waals surface area (Å²) in [6.07, 6.45) is 11.4. The van der Waals surface area contributed by atoms with Crippen molar-refractivity contribution < 1.29 is 24.1 Å². The Morgan fingerprint density at radius 1 is 1.15 bits per heavy atom. The van der Waals surface area contributed by atoms with Gasteiger partial charge < -0.3 is 24.1 Å². The van der Waals surface area contributed by atoms with E-state index in [1.54, 1.807) is 6.07 Å². The first-order chi connectivity index (χ1) is 13.2. The molecule has 6 heteroatoms. The zero-order valence-electron chi connectivity index (χ0n) is 15.8. The summed E-state index contributed by atoms with van der Waals surface area (Å²) in [6.45, 7) is 2.21. The van der Waals surface area contributed by atoms with Crippen LogP contribution in [0.3, 0.4) is 0 Å². The molecule has 0 saturated carbocycles. The Hall–Kier alpha value is -2.47. The quantitative estimate of drug-likeness (QED) is 0.322. The normalized spacial score (nSPS) is 11.3. The van der Waals surface area contributed by atoms with Gasteiger partial charge in [-0.05, 0) is 37.1 Å². The number of fused-ring (bicyclic) bond motifs is 1. The highest BCUT2D eigenvalue weighted by Crippen LogP contribution is 2.33. The van der Waals surface area contributed by atoms with Crippen LogP contribution in [0.25, 0.3) is 11.0 Å². The van der Waals surface area contributed by atoms with Crippen molar-refractivity contribution in [3.63, 3.8) is 0 Å². The largest absolute Gasteiger partial charge is 0.504 e.